The van der Waals surface area contributed by atoms with Gasteiger partial charge in [0, 0.05) is 18.8 Å². The number of rotatable bonds is 2. The van der Waals surface area contributed by atoms with Crippen molar-refractivity contribution in [3.05, 3.63) is 29.6 Å². The van der Waals surface area contributed by atoms with Gasteiger partial charge in [0.25, 0.3) is 0 Å². The highest BCUT2D eigenvalue weighted by molar-refractivity contribution is 6.18. The lowest BCUT2D eigenvalue weighted by atomic mass is 10.1. The van der Waals surface area contributed by atoms with Gasteiger partial charge in [0.2, 0.25) is 5.91 Å². The summed E-state index contributed by atoms with van der Waals surface area (Å²) in [6, 6.07) is 6.07. The second-order valence-electron chi connectivity index (χ2n) is 3.97. The van der Waals surface area contributed by atoms with Gasteiger partial charge in [-0.2, -0.15) is 5.26 Å². The Hall–Kier alpha value is -1.60. The van der Waals surface area contributed by atoms with Crippen LogP contribution in [0, 0.1) is 23.1 Å². The molecule has 0 saturated carbocycles. The zero-order valence-corrected chi connectivity index (χ0v) is 9.75. The van der Waals surface area contributed by atoms with Gasteiger partial charge < -0.3 is 4.90 Å². The first-order chi connectivity index (χ1) is 8.17. The van der Waals surface area contributed by atoms with E-state index in [9.17, 15) is 9.18 Å². The Morgan fingerprint density at radius 2 is 2.35 bits per heavy atom. The van der Waals surface area contributed by atoms with Crippen LogP contribution < -0.4 is 4.90 Å². The van der Waals surface area contributed by atoms with Crippen LogP contribution in [0.1, 0.15) is 12.0 Å². The van der Waals surface area contributed by atoms with Crippen molar-refractivity contribution in [1.82, 2.24) is 0 Å². The molecule has 0 spiro atoms. The first-order valence-corrected chi connectivity index (χ1v) is 5.75. The second kappa shape index (κ2) is 4.72. The normalized spacial score (nSPS) is 19.5. The molecule has 1 heterocycles. The molecule has 1 saturated heterocycles. The van der Waals surface area contributed by atoms with E-state index in [1.54, 1.807) is 12.1 Å². The molecule has 1 aliphatic rings. The van der Waals surface area contributed by atoms with Crippen molar-refractivity contribution in [2.45, 2.75) is 6.42 Å². The molecule has 17 heavy (non-hydrogen) atoms. The maximum Gasteiger partial charge on any atom is 0.227 e. The second-order valence-corrected chi connectivity index (χ2v) is 4.28. The standard InChI is InChI=1S/C12H10ClFN2O/c13-5-8-4-12(17)16(7-8)11-3-1-2-10(14)9(11)6-15/h1-3,8H,4-5,7H2. The van der Waals surface area contributed by atoms with Gasteiger partial charge in [-0.15, -0.1) is 11.6 Å². The van der Waals surface area contributed by atoms with Gasteiger partial charge in [0.15, 0.2) is 0 Å². The number of alkyl halides is 1. The summed E-state index contributed by atoms with van der Waals surface area (Å²) in [5, 5.41) is 8.91. The van der Waals surface area contributed by atoms with Crippen LogP contribution in [0.4, 0.5) is 10.1 Å². The Balaban J connectivity index is 2.39. The number of hydrogen-bond acceptors (Lipinski definition) is 2. The van der Waals surface area contributed by atoms with Crippen molar-refractivity contribution in [1.29, 1.82) is 5.26 Å². The number of amides is 1. The molecule has 1 fully saturated rings. The van der Waals surface area contributed by atoms with E-state index in [2.05, 4.69) is 0 Å². The largest absolute Gasteiger partial charge is 0.311 e. The monoisotopic (exact) mass is 252 g/mol. The van der Waals surface area contributed by atoms with E-state index in [4.69, 9.17) is 16.9 Å². The van der Waals surface area contributed by atoms with E-state index in [0.717, 1.165) is 0 Å². The molecule has 0 radical (unpaired) electrons. The van der Waals surface area contributed by atoms with E-state index in [-0.39, 0.29) is 17.4 Å². The highest BCUT2D eigenvalue weighted by Crippen LogP contribution is 2.29. The topological polar surface area (TPSA) is 44.1 Å². The molecule has 1 unspecified atom stereocenters. The minimum atomic E-state index is -0.605. The maximum atomic E-state index is 13.4. The summed E-state index contributed by atoms with van der Waals surface area (Å²) in [6.45, 7) is 0.445. The van der Waals surface area contributed by atoms with Crippen molar-refractivity contribution in [3.8, 4) is 6.07 Å². The molecule has 1 aromatic carbocycles. The summed E-state index contributed by atoms with van der Waals surface area (Å²) in [6.07, 6.45) is 0.352. The molecule has 2 rings (SSSR count). The molecule has 1 atom stereocenters. The van der Waals surface area contributed by atoms with Crippen LogP contribution >= 0.6 is 11.6 Å². The maximum absolute atomic E-state index is 13.4. The van der Waals surface area contributed by atoms with Crippen molar-refractivity contribution < 1.29 is 9.18 Å². The third-order valence-corrected chi connectivity index (χ3v) is 3.25. The fourth-order valence-corrected chi connectivity index (χ4v) is 2.17. The quantitative estimate of drug-likeness (QED) is 0.758. The highest BCUT2D eigenvalue weighted by atomic mass is 35.5. The first kappa shape index (κ1) is 11.9. The van der Waals surface area contributed by atoms with E-state index >= 15 is 0 Å². The third-order valence-electron chi connectivity index (χ3n) is 2.82. The first-order valence-electron chi connectivity index (χ1n) is 5.22. The minimum Gasteiger partial charge on any atom is -0.311 e. The number of carbonyl (C=O) groups excluding carboxylic acids is 1. The van der Waals surface area contributed by atoms with Crippen molar-refractivity contribution in [2.24, 2.45) is 5.92 Å². The summed E-state index contributed by atoms with van der Waals surface area (Å²) < 4.78 is 13.4. The molecular formula is C12H10ClFN2O. The fraction of sp³-hybridized carbons (Fsp3) is 0.333. The van der Waals surface area contributed by atoms with Gasteiger partial charge in [-0.05, 0) is 18.1 Å². The lowest BCUT2D eigenvalue weighted by Gasteiger charge is -2.17. The van der Waals surface area contributed by atoms with E-state index < -0.39 is 5.82 Å². The summed E-state index contributed by atoms with van der Waals surface area (Å²) >= 11 is 5.71. The molecule has 1 aromatic rings. The van der Waals surface area contributed by atoms with Crippen molar-refractivity contribution in [2.75, 3.05) is 17.3 Å². The molecule has 1 amide bonds. The Labute approximate surface area is 103 Å². The average Bonchev–Trinajstić information content (AvgIpc) is 2.70. The summed E-state index contributed by atoms with van der Waals surface area (Å²) in [5.41, 5.74) is 0.251. The molecule has 88 valence electrons. The Kier molecular flexibility index (Phi) is 3.30. The molecule has 5 heteroatoms. The van der Waals surface area contributed by atoms with Crippen LogP contribution in [0.3, 0.4) is 0 Å². The van der Waals surface area contributed by atoms with Crippen LogP contribution in [0.2, 0.25) is 0 Å². The van der Waals surface area contributed by atoms with Gasteiger partial charge in [-0.1, -0.05) is 6.07 Å². The molecule has 0 bridgehead atoms. The summed E-state index contributed by atoms with van der Waals surface area (Å²) in [5.74, 6) is -0.261. The minimum absolute atomic E-state index is 0.0685. The number of nitrogens with zero attached hydrogens (tertiary/aromatic N) is 2. The average molecular weight is 253 g/mol. The number of benzene rings is 1. The Morgan fingerprint density at radius 1 is 1.59 bits per heavy atom. The smallest absolute Gasteiger partial charge is 0.227 e. The van der Waals surface area contributed by atoms with Crippen LogP contribution in [0.25, 0.3) is 0 Å². The molecule has 1 aliphatic heterocycles. The highest BCUT2D eigenvalue weighted by Gasteiger charge is 2.31. The molecular weight excluding hydrogens is 243 g/mol. The number of anilines is 1. The number of hydrogen-bond donors (Lipinski definition) is 0. The van der Waals surface area contributed by atoms with Crippen molar-refractivity contribution >= 4 is 23.2 Å². The van der Waals surface area contributed by atoms with Crippen molar-refractivity contribution in [3.63, 3.8) is 0 Å². The predicted molar refractivity (Wildman–Crippen MR) is 62.3 cm³/mol. The Bertz CT molecular complexity index is 498. The van der Waals surface area contributed by atoms with E-state index in [1.165, 1.54) is 17.0 Å². The number of nitriles is 1. The van der Waals surface area contributed by atoms with Crippen LogP contribution in [-0.2, 0) is 4.79 Å². The van der Waals surface area contributed by atoms with Gasteiger partial charge in [-0.3, -0.25) is 4.79 Å². The van der Waals surface area contributed by atoms with Gasteiger partial charge in [-0.25, -0.2) is 4.39 Å². The van der Waals surface area contributed by atoms with E-state index in [0.29, 0.717) is 24.5 Å². The predicted octanol–water partition coefficient (Wildman–Crippen LogP) is 2.29. The van der Waals surface area contributed by atoms with Gasteiger partial charge >= 0.3 is 0 Å². The van der Waals surface area contributed by atoms with Crippen LogP contribution in [-0.4, -0.2) is 18.3 Å². The summed E-state index contributed by atoms with van der Waals surface area (Å²) in [7, 11) is 0. The fourth-order valence-electron chi connectivity index (χ4n) is 1.97. The van der Waals surface area contributed by atoms with Gasteiger partial charge in [0.05, 0.1) is 5.69 Å². The Morgan fingerprint density at radius 3 is 2.94 bits per heavy atom. The molecule has 3 nitrogen and oxygen atoms in total. The zero-order chi connectivity index (χ0) is 12.4. The van der Waals surface area contributed by atoms with Gasteiger partial charge in [0.1, 0.15) is 17.4 Å². The lowest BCUT2D eigenvalue weighted by Crippen LogP contribution is -2.25. The van der Waals surface area contributed by atoms with Crippen LogP contribution in [0.15, 0.2) is 18.2 Å². The summed E-state index contributed by atoms with van der Waals surface area (Å²) in [4.78, 5) is 13.2. The number of carbonyl (C=O) groups is 1. The van der Waals surface area contributed by atoms with Crippen LogP contribution in [0.5, 0.6) is 0 Å². The lowest BCUT2D eigenvalue weighted by molar-refractivity contribution is -0.117. The molecule has 0 aliphatic carbocycles. The zero-order valence-electron chi connectivity index (χ0n) is 8.99. The third kappa shape index (κ3) is 2.11. The molecule has 0 N–H and O–H groups in total. The van der Waals surface area contributed by atoms with E-state index in [1.807, 2.05) is 0 Å². The molecule has 0 aromatic heterocycles. The SMILES string of the molecule is N#Cc1c(F)cccc1N1CC(CCl)CC1=O. The number of halogens is 2.